The number of ether oxygens (including phenoxy) is 1. The van der Waals surface area contributed by atoms with Crippen LogP contribution >= 0.6 is 0 Å². The highest BCUT2D eigenvalue weighted by molar-refractivity contribution is 5.81. The molecule has 1 heterocycles. The Morgan fingerprint density at radius 1 is 1.75 bits per heavy atom. The van der Waals surface area contributed by atoms with Gasteiger partial charge in [-0.25, -0.2) is 0 Å². The molecule has 68 valence electrons. The molecule has 0 spiro atoms. The van der Waals surface area contributed by atoms with Crippen LogP contribution in [0.2, 0.25) is 0 Å². The number of rotatable bonds is 1. The van der Waals surface area contributed by atoms with E-state index in [1.165, 1.54) is 6.92 Å². The zero-order chi connectivity index (χ0) is 9.14. The molecule has 12 heavy (non-hydrogen) atoms. The first kappa shape index (κ1) is 9.03. The highest BCUT2D eigenvalue weighted by atomic mass is 16.5. The van der Waals surface area contributed by atoms with Crippen LogP contribution in [0.25, 0.3) is 0 Å². The van der Waals surface area contributed by atoms with Crippen LogP contribution in [0.4, 0.5) is 0 Å². The lowest BCUT2D eigenvalue weighted by atomic mass is 9.98. The second kappa shape index (κ2) is 3.56. The number of hydrogen-bond acceptors (Lipinski definition) is 4. The molecule has 0 aliphatic carbocycles. The first-order valence-corrected chi connectivity index (χ1v) is 4.05. The molecule has 2 N–H and O–H groups in total. The van der Waals surface area contributed by atoms with Gasteiger partial charge in [0.1, 0.15) is 6.10 Å². The van der Waals surface area contributed by atoms with Crippen LogP contribution in [0.5, 0.6) is 0 Å². The molecule has 0 amide bonds. The summed E-state index contributed by atoms with van der Waals surface area (Å²) in [5, 5.41) is 0. The normalized spacial score (nSPS) is 29.3. The zero-order valence-corrected chi connectivity index (χ0v) is 7.41. The van der Waals surface area contributed by atoms with Gasteiger partial charge in [0.2, 0.25) is 0 Å². The van der Waals surface area contributed by atoms with Crippen molar-refractivity contribution >= 4 is 11.8 Å². The van der Waals surface area contributed by atoms with E-state index in [-0.39, 0.29) is 18.0 Å². The molecule has 0 aromatic carbocycles. The second-order valence-electron chi connectivity index (χ2n) is 3.16. The summed E-state index contributed by atoms with van der Waals surface area (Å²) in [6.45, 7) is 3.93. The van der Waals surface area contributed by atoms with E-state index >= 15 is 0 Å². The fourth-order valence-electron chi connectivity index (χ4n) is 1.28. The van der Waals surface area contributed by atoms with Gasteiger partial charge in [-0.15, -0.1) is 0 Å². The molecule has 0 saturated carbocycles. The lowest BCUT2D eigenvalue weighted by Crippen LogP contribution is -2.35. The lowest BCUT2D eigenvalue weighted by molar-refractivity contribution is -0.148. The van der Waals surface area contributed by atoms with Crippen LogP contribution in [0.3, 0.4) is 0 Å². The third-order valence-corrected chi connectivity index (χ3v) is 1.96. The van der Waals surface area contributed by atoms with Crippen molar-refractivity contribution in [3.05, 3.63) is 0 Å². The summed E-state index contributed by atoms with van der Waals surface area (Å²) in [5.41, 5.74) is 5.53. The van der Waals surface area contributed by atoms with Gasteiger partial charge in [-0.3, -0.25) is 9.79 Å². The molecule has 0 saturated heterocycles. The Labute approximate surface area is 71.8 Å². The summed E-state index contributed by atoms with van der Waals surface area (Å²) in [5.74, 6) is 0.694. The van der Waals surface area contributed by atoms with Gasteiger partial charge in [-0.05, 0) is 0 Å². The van der Waals surface area contributed by atoms with Gasteiger partial charge in [0, 0.05) is 19.3 Å². The van der Waals surface area contributed by atoms with Crippen LogP contribution in [-0.2, 0) is 9.53 Å². The fourth-order valence-corrected chi connectivity index (χ4v) is 1.28. The molecular weight excluding hydrogens is 156 g/mol. The Hall–Kier alpha value is -1.06. The minimum atomic E-state index is -0.248. The molecule has 1 aliphatic heterocycles. The van der Waals surface area contributed by atoms with Crippen molar-refractivity contribution in [3.8, 4) is 0 Å². The number of nitrogens with zero attached hydrogens (tertiary/aromatic N) is 1. The van der Waals surface area contributed by atoms with Gasteiger partial charge in [0.05, 0.1) is 12.4 Å². The monoisotopic (exact) mass is 170 g/mol. The van der Waals surface area contributed by atoms with E-state index in [1.54, 1.807) is 0 Å². The molecule has 4 heteroatoms. The standard InChI is InChI=1S/C8H14N2O2/c1-5-3-8(9)10-4-7(5)12-6(2)11/h5,7H,3-4H2,1-2H3,(H2,9,10). The summed E-state index contributed by atoms with van der Waals surface area (Å²) in [7, 11) is 0. The highest BCUT2D eigenvalue weighted by Crippen LogP contribution is 2.16. The third-order valence-electron chi connectivity index (χ3n) is 1.96. The average molecular weight is 170 g/mol. The maximum absolute atomic E-state index is 10.6. The SMILES string of the molecule is CC(=O)OC1CN=C(N)CC1C. The Bertz CT molecular complexity index is 213. The van der Waals surface area contributed by atoms with Crippen molar-refractivity contribution in [1.29, 1.82) is 0 Å². The summed E-state index contributed by atoms with van der Waals surface area (Å²) < 4.78 is 5.05. The number of hydrogen-bond donors (Lipinski definition) is 1. The predicted molar refractivity (Wildman–Crippen MR) is 45.8 cm³/mol. The van der Waals surface area contributed by atoms with E-state index in [0.29, 0.717) is 12.4 Å². The molecule has 4 nitrogen and oxygen atoms in total. The van der Waals surface area contributed by atoms with Gasteiger partial charge < -0.3 is 10.5 Å². The molecule has 0 aromatic heterocycles. The van der Waals surface area contributed by atoms with Gasteiger partial charge in [-0.2, -0.15) is 0 Å². The first-order chi connectivity index (χ1) is 5.59. The first-order valence-electron chi connectivity index (χ1n) is 4.05. The minimum Gasteiger partial charge on any atom is -0.460 e. The molecule has 0 fully saturated rings. The summed E-state index contributed by atoms with van der Waals surface area (Å²) in [6, 6.07) is 0. The van der Waals surface area contributed by atoms with Gasteiger partial charge in [-0.1, -0.05) is 6.92 Å². The smallest absolute Gasteiger partial charge is 0.302 e. The second-order valence-corrected chi connectivity index (χ2v) is 3.16. The molecule has 1 rings (SSSR count). The molecule has 0 bridgehead atoms. The number of carbonyl (C=O) groups is 1. The van der Waals surface area contributed by atoms with Crippen LogP contribution in [0, 0.1) is 5.92 Å². The molecular formula is C8H14N2O2. The number of esters is 1. The molecule has 2 unspecified atom stereocenters. The van der Waals surface area contributed by atoms with Crippen molar-refractivity contribution in [3.63, 3.8) is 0 Å². The number of aliphatic imine (C=N–C) groups is 1. The van der Waals surface area contributed by atoms with E-state index in [2.05, 4.69) is 4.99 Å². The van der Waals surface area contributed by atoms with E-state index in [9.17, 15) is 4.79 Å². The Kier molecular flexibility index (Phi) is 2.68. The molecule has 0 radical (unpaired) electrons. The van der Waals surface area contributed by atoms with Crippen molar-refractivity contribution in [2.75, 3.05) is 6.54 Å². The summed E-state index contributed by atoms with van der Waals surface area (Å²) in [4.78, 5) is 14.7. The minimum absolute atomic E-state index is 0.0881. The topological polar surface area (TPSA) is 64.7 Å². The van der Waals surface area contributed by atoms with E-state index < -0.39 is 0 Å². The largest absolute Gasteiger partial charge is 0.460 e. The van der Waals surface area contributed by atoms with E-state index in [0.717, 1.165) is 6.42 Å². The third kappa shape index (κ3) is 2.22. The number of nitrogens with two attached hydrogens (primary N) is 1. The van der Waals surface area contributed by atoms with Crippen LogP contribution in [0.1, 0.15) is 20.3 Å². The van der Waals surface area contributed by atoms with Gasteiger partial charge in [0.15, 0.2) is 0 Å². The maximum atomic E-state index is 10.6. The predicted octanol–water partition coefficient (Wildman–Crippen LogP) is 0.315. The van der Waals surface area contributed by atoms with Crippen molar-refractivity contribution in [2.45, 2.75) is 26.4 Å². The molecule has 2 atom stereocenters. The number of carbonyl (C=O) groups excluding carboxylic acids is 1. The van der Waals surface area contributed by atoms with E-state index in [4.69, 9.17) is 10.5 Å². The van der Waals surface area contributed by atoms with Crippen LogP contribution in [-0.4, -0.2) is 24.5 Å². The van der Waals surface area contributed by atoms with Crippen molar-refractivity contribution < 1.29 is 9.53 Å². The quantitative estimate of drug-likeness (QED) is 0.576. The fraction of sp³-hybridized carbons (Fsp3) is 0.750. The van der Waals surface area contributed by atoms with Gasteiger partial charge in [0.25, 0.3) is 0 Å². The van der Waals surface area contributed by atoms with Gasteiger partial charge >= 0.3 is 5.97 Å². The van der Waals surface area contributed by atoms with Crippen LogP contribution in [0.15, 0.2) is 4.99 Å². The lowest BCUT2D eigenvalue weighted by Gasteiger charge is -2.25. The van der Waals surface area contributed by atoms with E-state index in [1.807, 2.05) is 6.92 Å². The van der Waals surface area contributed by atoms with Crippen molar-refractivity contribution in [1.82, 2.24) is 0 Å². The summed E-state index contributed by atoms with van der Waals surface area (Å²) in [6.07, 6.45) is 0.632. The van der Waals surface area contributed by atoms with Crippen LogP contribution < -0.4 is 5.73 Å². The molecule has 1 aliphatic rings. The van der Waals surface area contributed by atoms with Crippen molar-refractivity contribution in [2.24, 2.45) is 16.6 Å². The maximum Gasteiger partial charge on any atom is 0.302 e. The Balaban J connectivity index is 2.51. The molecule has 0 aromatic rings. The zero-order valence-electron chi connectivity index (χ0n) is 7.41. The average Bonchev–Trinajstić information content (AvgIpc) is 1.94. The summed E-state index contributed by atoms with van der Waals surface area (Å²) >= 11 is 0. The Morgan fingerprint density at radius 2 is 2.42 bits per heavy atom. The Morgan fingerprint density at radius 3 is 2.92 bits per heavy atom. The highest BCUT2D eigenvalue weighted by Gasteiger charge is 2.24. The number of amidine groups is 1.